The highest BCUT2D eigenvalue weighted by molar-refractivity contribution is 5.33. The molecule has 0 spiro atoms. The molecule has 0 aliphatic heterocycles. The molecule has 1 fully saturated rings. The summed E-state index contributed by atoms with van der Waals surface area (Å²) in [5.41, 5.74) is 2.13. The van der Waals surface area contributed by atoms with Gasteiger partial charge in [0, 0.05) is 0 Å². The van der Waals surface area contributed by atoms with E-state index in [4.69, 9.17) is 10.00 Å². The first-order valence-electron chi connectivity index (χ1n) is 7.60. The van der Waals surface area contributed by atoms with Gasteiger partial charge in [-0.1, -0.05) is 25.1 Å². The lowest BCUT2D eigenvalue weighted by Gasteiger charge is -2.28. The van der Waals surface area contributed by atoms with E-state index in [-0.39, 0.29) is 0 Å². The van der Waals surface area contributed by atoms with E-state index in [1.807, 2.05) is 18.4 Å². The summed E-state index contributed by atoms with van der Waals surface area (Å²) < 4.78 is 5.57. The van der Waals surface area contributed by atoms with Crippen LogP contribution in [0.2, 0.25) is 0 Å². The lowest BCUT2D eigenvalue weighted by Crippen LogP contribution is -2.17. The number of rotatable bonds is 5. The van der Waals surface area contributed by atoms with Crippen molar-refractivity contribution >= 4 is 0 Å². The first-order valence-corrected chi connectivity index (χ1v) is 7.60. The van der Waals surface area contributed by atoms with Crippen LogP contribution in [-0.2, 0) is 4.74 Å². The Morgan fingerprint density at radius 2 is 1.90 bits per heavy atom. The molecule has 0 bridgehead atoms. The molecule has 0 heterocycles. The van der Waals surface area contributed by atoms with Gasteiger partial charge < -0.3 is 4.74 Å². The van der Waals surface area contributed by atoms with Crippen LogP contribution in [0.5, 0.6) is 0 Å². The van der Waals surface area contributed by atoms with Crippen molar-refractivity contribution in [2.45, 2.75) is 44.9 Å². The molecule has 2 rings (SSSR count). The molecule has 2 heteroatoms. The molecule has 106 valence electrons. The Morgan fingerprint density at radius 3 is 2.50 bits per heavy atom. The standard InChI is InChI=1S/C18H23NO/c1-2-3-12-20-14-16-6-10-18(11-7-16)17-8-4-15(13-19)5-9-17/h3-5,8-9,12,16,18H,2,6-7,10-11,14H2,1H3. The summed E-state index contributed by atoms with van der Waals surface area (Å²) in [6.07, 6.45) is 9.88. The van der Waals surface area contributed by atoms with Crippen LogP contribution in [-0.4, -0.2) is 6.61 Å². The van der Waals surface area contributed by atoms with E-state index in [0.717, 1.165) is 18.6 Å². The monoisotopic (exact) mass is 269 g/mol. The zero-order valence-corrected chi connectivity index (χ0v) is 12.2. The molecule has 0 aromatic heterocycles. The summed E-state index contributed by atoms with van der Waals surface area (Å²) in [5, 5.41) is 8.82. The van der Waals surface area contributed by atoms with Gasteiger partial charge in [0.2, 0.25) is 0 Å². The fraction of sp³-hybridized carbons (Fsp3) is 0.500. The van der Waals surface area contributed by atoms with E-state index in [1.54, 1.807) is 0 Å². The SMILES string of the molecule is CCC=COCC1CCC(c2ccc(C#N)cc2)CC1. The highest BCUT2D eigenvalue weighted by atomic mass is 16.5. The van der Waals surface area contributed by atoms with Crippen molar-refractivity contribution in [1.82, 2.24) is 0 Å². The molecule has 0 unspecified atom stereocenters. The predicted molar refractivity (Wildman–Crippen MR) is 81.2 cm³/mol. The smallest absolute Gasteiger partial charge is 0.0991 e. The minimum absolute atomic E-state index is 0.658. The molecule has 0 N–H and O–H groups in total. The van der Waals surface area contributed by atoms with Gasteiger partial charge in [0.05, 0.1) is 24.5 Å². The van der Waals surface area contributed by atoms with Crippen LogP contribution >= 0.6 is 0 Å². The molecule has 0 radical (unpaired) electrons. The average Bonchev–Trinajstić information content (AvgIpc) is 2.52. The Bertz CT molecular complexity index is 461. The molecule has 20 heavy (non-hydrogen) atoms. The van der Waals surface area contributed by atoms with E-state index >= 15 is 0 Å². The molecule has 2 nitrogen and oxygen atoms in total. The molecular weight excluding hydrogens is 246 g/mol. The van der Waals surface area contributed by atoms with E-state index in [9.17, 15) is 0 Å². The first-order chi connectivity index (χ1) is 9.83. The number of nitrogens with zero attached hydrogens (tertiary/aromatic N) is 1. The van der Waals surface area contributed by atoms with Gasteiger partial charge in [0.15, 0.2) is 0 Å². The maximum atomic E-state index is 8.82. The van der Waals surface area contributed by atoms with Crippen molar-refractivity contribution in [3.8, 4) is 6.07 Å². The number of hydrogen-bond donors (Lipinski definition) is 0. The zero-order valence-electron chi connectivity index (χ0n) is 12.2. The molecule has 1 aromatic rings. The minimum Gasteiger partial charge on any atom is -0.501 e. The Balaban J connectivity index is 1.78. The number of ether oxygens (including phenoxy) is 1. The van der Waals surface area contributed by atoms with Crippen LogP contribution in [0, 0.1) is 17.2 Å². The van der Waals surface area contributed by atoms with Crippen LogP contribution in [0.4, 0.5) is 0 Å². The molecule has 1 saturated carbocycles. The van der Waals surface area contributed by atoms with Crippen LogP contribution in [0.15, 0.2) is 36.6 Å². The highest BCUT2D eigenvalue weighted by Gasteiger charge is 2.22. The molecule has 1 aromatic carbocycles. The number of allylic oxidation sites excluding steroid dienone is 1. The van der Waals surface area contributed by atoms with Crippen LogP contribution in [0.3, 0.4) is 0 Å². The average molecular weight is 269 g/mol. The molecule has 0 atom stereocenters. The van der Waals surface area contributed by atoms with Gasteiger partial charge in [0.25, 0.3) is 0 Å². The van der Waals surface area contributed by atoms with Crippen LogP contribution < -0.4 is 0 Å². The Hall–Kier alpha value is -1.75. The quantitative estimate of drug-likeness (QED) is 0.721. The molecule has 0 amide bonds. The van der Waals surface area contributed by atoms with Crippen molar-refractivity contribution in [3.63, 3.8) is 0 Å². The highest BCUT2D eigenvalue weighted by Crippen LogP contribution is 2.35. The fourth-order valence-corrected chi connectivity index (χ4v) is 2.85. The Morgan fingerprint density at radius 1 is 1.20 bits per heavy atom. The van der Waals surface area contributed by atoms with Crippen molar-refractivity contribution in [2.24, 2.45) is 5.92 Å². The Labute approximate surface area is 122 Å². The summed E-state index contributed by atoms with van der Waals surface area (Å²) in [4.78, 5) is 0. The topological polar surface area (TPSA) is 33.0 Å². The largest absolute Gasteiger partial charge is 0.501 e. The summed E-state index contributed by atoms with van der Waals surface area (Å²) in [7, 11) is 0. The summed E-state index contributed by atoms with van der Waals surface area (Å²) in [6.45, 7) is 2.97. The zero-order chi connectivity index (χ0) is 14.2. The fourth-order valence-electron chi connectivity index (χ4n) is 2.85. The lowest BCUT2D eigenvalue weighted by molar-refractivity contribution is 0.159. The third-order valence-electron chi connectivity index (χ3n) is 4.12. The van der Waals surface area contributed by atoms with Crippen molar-refractivity contribution in [1.29, 1.82) is 5.26 Å². The van der Waals surface area contributed by atoms with Gasteiger partial charge in [-0.2, -0.15) is 5.26 Å². The van der Waals surface area contributed by atoms with Gasteiger partial charge in [0.1, 0.15) is 0 Å². The second-order valence-corrected chi connectivity index (χ2v) is 5.56. The predicted octanol–water partition coefficient (Wildman–Crippen LogP) is 4.77. The third kappa shape index (κ3) is 4.13. The summed E-state index contributed by atoms with van der Waals surface area (Å²) in [6, 6.07) is 10.3. The summed E-state index contributed by atoms with van der Waals surface area (Å²) in [5.74, 6) is 1.36. The third-order valence-corrected chi connectivity index (χ3v) is 4.12. The number of nitriles is 1. The molecule has 0 saturated heterocycles. The van der Waals surface area contributed by atoms with E-state index in [0.29, 0.717) is 11.8 Å². The van der Waals surface area contributed by atoms with Gasteiger partial charge in [-0.25, -0.2) is 0 Å². The second kappa shape index (κ2) is 7.75. The molecule has 1 aliphatic rings. The van der Waals surface area contributed by atoms with E-state index in [1.165, 1.54) is 31.2 Å². The molecular formula is C18H23NO. The lowest BCUT2D eigenvalue weighted by atomic mass is 9.79. The van der Waals surface area contributed by atoms with Gasteiger partial charge in [-0.15, -0.1) is 0 Å². The van der Waals surface area contributed by atoms with Crippen molar-refractivity contribution < 1.29 is 4.74 Å². The maximum absolute atomic E-state index is 8.82. The summed E-state index contributed by atoms with van der Waals surface area (Å²) >= 11 is 0. The first kappa shape index (κ1) is 14.7. The van der Waals surface area contributed by atoms with Gasteiger partial charge in [-0.3, -0.25) is 0 Å². The maximum Gasteiger partial charge on any atom is 0.0991 e. The minimum atomic E-state index is 0.658. The van der Waals surface area contributed by atoms with Crippen molar-refractivity contribution in [3.05, 3.63) is 47.7 Å². The normalized spacial score (nSPS) is 22.6. The number of benzene rings is 1. The Kier molecular flexibility index (Phi) is 5.68. The van der Waals surface area contributed by atoms with E-state index < -0.39 is 0 Å². The van der Waals surface area contributed by atoms with E-state index in [2.05, 4.69) is 31.2 Å². The van der Waals surface area contributed by atoms with Gasteiger partial charge >= 0.3 is 0 Å². The van der Waals surface area contributed by atoms with Crippen molar-refractivity contribution in [2.75, 3.05) is 6.61 Å². The molecule has 1 aliphatic carbocycles. The van der Waals surface area contributed by atoms with Crippen LogP contribution in [0.1, 0.15) is 56.1 Å². The number of hydrogen-bond acceptors (Lipinski definition) is 2. The van der Waals surface area contributed by atoms with Gasteiger partial charge in [-0.05, 0) is 61.6 Å². The van der Waals surface area contributed by atoms with Crippen LogP contribution in [0.25, 0.3) is 0 Å². The second-order valence-electron chi connectivity index (χ2n) is 5.56.